The van der Waals surface area contributed by atoms with Crippen molar-refractivity contribution in [3.63, 3.8) is 0 Å². The van der Waals surface area contributed by atoms with Gasteiger partial charge in [-0.15, -0.1) is 0 Å². The molecule has 0 saturated carbocycles. The minimum Gasteiger partial charge on any atom is -0.0615 e. The Kier molecular flexibility index (Phi) is 13.4. The first kappa shape index (κ1) is 47.8. The third-order valence-corrected chi connectivity index (χ3v) is 37.0. The highest BCUT2D eigenvalue weighted by Crippen LogP contribution is 2.88. The molecule has 0 spiro atoms. The fourth-order valence-corrected chi connectivity index (χ4v) is 30.2. The Balaban J connectivity index is 2.53. The van der Waals surface area contributed by atoms with Crippen LogP contribution in [0.2, 0.25) is 0 Å². The van der Waals surface area contributed by atoms with Gasteiger partial charge >= 0.3 is 0 Å². The largest absolute Gasteiger partial charge is 0.0981 e. The van der Waals surface area contributed by atoms with Gasteiger partial charge in [-0.3, -0.25) is 0 Å². The van der Waals surface area contributed by atoms with Gasteiger partial charge < -0.3 is 0 Å². The lowest BCUT2D eigenvalue weighted by molar-refractivity contribution is 0.568. The van der Waals surface area contributed by atoms with Crippen LogP contribution in [0.1, 0.15) is 188 Å². The maximum Gasteiger partial charge on any atom is 0.0981 e. The van der Waals surface area contributed by atoms with Crippen molar-refractivity contribution in [3.05, 3.63) is 82.9 Å². The number of hydrogen-bond acceptors (Lipinski definition) is 0. The van der Waals surface area contributed by atoms with E-state index in [0.717, 1.165) is 16.5 Å². The molecule has 302 valence electrons. The quantitative estimate of drug-likeness (QED) is 0.218. The van der Waals surface area contributed by atoms with Crippen molar-refractivity contribution in [1.29, 1.82) is 0 Å². The van der Waals surface area contributed by atoms with Crippen LogP contribution in [-0.4, -0.2) is 20.6 Å². The lowest BCUT2D eigenvalue weighted by atomic mass is 9.81. The molecule has 2 atom stereocenters. The highest BCUT2D eigenvalue weighted by Gasteiger charge is 2.63. The third kappa shape index (κ3) is 9.63. The molecule has 0 aliphatic rings. The van der Waals surface area contributed by atoms with E-state index in [0.29, 0.717) is 0 Å². The van der Waals surface area contributed by atoms with Gasteiger partial charge in [0.15, 0.2) is 0 Å². The van der Waals surface area contributed by atoms with Crippen LogP contribution in [0.15, 0.2) is 60.7 Å². The van der Waals surface area contributed by atoms with E-state index in [4.69, 9.17) is 0 Å². The zero-order chi connectivity index (χ0) is 42.1. The average Bonchev–Trinajstić information content (AvgIpc) is 2.94. The molecular formula is C50H84P4+2. The van der Waals surface area contributed by atoms with E-state index in [9.17, 15) is 0 Å². The standard InChI is InChI=1S/C50H84P4/c1-43(2,3)35-29-36(44(4,5)6)32-39(31-35)53(47(13,14)15,48(16,17)18)51-41-27-25-26-28-42(41)52-54(49(19,20)21,50(22,23)24)40-33-37(45(7,8)9)30-38(34-40)46(10,11)12/h25-34,51-52H,1-24H3/q+2. The van der Waals surface area contributed by atoms with E-state index in [1.807, 2.05) is 0 Å². The second kappa shape index (κ2) is 15.2. The summed E-state index contributed by atoms with van der Waals surface area (Å²) in [4.78, 5) is 0. The van der Waals surface area contributed by atoms with Gasteiger partial charge in [-0.1, -0.05) is 119 Å². The Morgan fingerprint density at radius 2 is 0.519 bits per heavy atom. The molecule has 0 aromatic heterocycles. The summed E-state index contributed by atoms with van der Waals surface area (Å²) in [5.74, 6) is 0. The number of hydrogen-bond donors (Lipinski definition) is 0. The maximum atomic E-state index is 2.66. The van der Waals surface area contributed by atoms with Gasteiger partial charge in [0.1, 0.15) is 0 Å². The third-order valence-electron chi connectivity index (χ3n) is 11.6. The fraction of sp³-hybridized carbons (Fsp3) is 0.640. The monoisotopic (exact) mass is 809 g/mol. The molecule has 2 unspecified atom stereocenters. The summed E-state index contributed by atoms with van der Waals surface area (Å²) in [5.41, 5.74) is 6.18. The average molecular weight is 809 g/mol. The summed E-state index contributed by atoms with van der Waals surface area (Å²) in [6.45, 7) is 55.8. The van der Waals surface area contributed by atoms with Crippen molar-refractivity contribution < 1.29 is 0 Å². The van der Waals surface area contributed by atoms with Gasteiger partial charge in [0.2, 0.25) is 0 Å². The molecule has 0 amide bonds. The minimum absolute atomic E-state index is 0.0703. The molecule has 0 heterocycles. The molecule has 0 fully saturated rings. The van der Waals surface area contributed by atoms with Gasteiger partial charge in [-0.25, -0.2) is 0 Å². The molecule has 0 aliphatic carbocycles. The second-order valence-corrected chi connectivity index (χ2v) is 40.3. The molecule has 0 radical (unpaired) electrons. The topological polar surface area (TPSA) is 0 Å². The Morgan fingerprint density at radius 1 is 0.315 bits per heavy atom. The second-order valence-electron chi connectivity index (χ2n) is 24.3. The predicted molar refractivity (Wildman–Crippen MR) is 262 cm³/mol. The van der Waals surface area contributed by atoms with Crippen molar-refractivity contribution in [1.82, 2.24) is 0 Å². The van der Waals surface area contributed by atoms with Crippen molar-refractivity contribution in [2.24, 2.45) is 0 Å². The minimum atomic E-state index is -1.89. The van der Waals surface area contributed by atoms with Crippen LogP contribution >= 0.6 is 30.4 Å². The van der Waals surface area contributed by atoms with Crippen LogP contribution in [0.3, 0.4) is 0 Å². The first-order valence-electron chi connectivity index (χ1n) is 20.6. The highest BCUT2D eigenvalue weighted by molar-refractivity contribution is 8.40. The van der Waals surface area contributed by atoms with Gasteiger partial charge in [-0.05, 0) is 151 Å². The first-order chi connectivity index (χ1) is 23.8. The summed E-state index contributed by atoms with van der Waals surface area (Å²) in [7, 11) is 1.46. The first-order valence-corrected chi connectivity index (χ1v) is 27.8. The Bertz CT molecular complexity index is 1540. The number of rotatable bonds is 6. The summed E-state index contributed by atoms with van der Waals surface area (Å²) >= 11 is 0. The van der Waals surface area contributed by atoms with Crippen LogP contribution in [0.25, 0.3) is 0 Å². The van der Waals surface area contributed by atoms with Gasteiger partial charge in [0.05, 0.1) is 61.7 Å². The van der Waals surface area contributed by atoms with E-state index in [2.05, 4.69) is 227 Å². The van der Waals surface area contributed by atoms with Crippen LogP contribution in [0.5, 0.6) is 0 Å². The van der Waals surface area contributed by atoms with Crippen LogP contribution < -0.4 is 21.2 Å². The number of benzene rings is 3. The lowest BCUT2D eigenvalue weighted by Gasteiger charge is -2.49. The molecule has 0 aliphatic heterocycles. The smallest absolute Gasteiger partial charge is 0.0615 e. The van der Waals surface area contributed by atoms with E-state index < -0.39 is 13.9 Å². The Hall–Kier alpha value is -0.620. The molecule has 54 heavy (non-hydrogen) atoms. The van der Waals surface area contributed by atoms with Gasteiger partial charge in [-0.2, -0.15) is 0 Å². The molecule has 0 saturated heterocycles. The van der Waals surface area contributed by atoms with Crippen LogP contribution in [0, 0.1) is 0 Å². The van der Waals surface area contributed by atoms with Crippen molar-refractivity contribution in [3.8, 4) is 0 Å². The zero-order valence-corrected chi connectivity index (χ0v) is 43.5. The summed E-state index contributed by atoms with van der Waals surface area (Å²) in [6.07, 6.45) is 0. The molecular weight excluding hydrogens is 724 g/mol. The predicted octanol–water partition coefficient (Wildman–Crippen LogP) is 15.2. The fourth-order valence-electron chi connectivity index (χ4n) is 8.74. The van der Waals surface area contributed by atoms with E-state index in [-0.39, 0.29) is 42.3 Å². The summed E-state index contributed by atoms with van der Waals surface area (Å²) < 4.78 is 0. The molecule has 3 aromatic carbocycles. The van der Waals surface area contributed by atoms with Gasteiger partial charge in [0.25, 0.3) is 0 Å². The summed E-state index contributed by atoms with van der Waals surface area (Å²) in [5, 5.41) is 6.88. The van der Waals surface area contributed by atoms with Crippen LogP contribution in [-0.2, 0) is 21.7 Å². The van der Waals surface area contributed by atoms with E-state index in [1.54, 1.807) is 21.2 Å². The zero-order valence-electron chi connectivity index (χ0n) is 39.7. The van der Waals surface area contributed by atoms with Crippen molar-refractivity contribution >= 4 is 51.7 Å². The van der Waals surface area contributed by atoms with Gasteiger partial charge in [0, 0.05) is 10.6 Å². The SMILES string of the molecule is CC(C)(C)c1cc(C(C)(C)C)cc([P+](Pc2ccccc2P[P+](c2cc(C(C)(C)C)cc(C(C)(C)C)c2)(C(C)(C)C)C(C)(C)C)(C(C)(C)C)C(C)(C)C)c1. The van der Waals surface area contributed by atoms with E-state index in [1.165, 1.54) is 22.3 Å². The normalized spacial score (nSPS) is 15.3. The molecule has 3 rings (SSSR count). The lowest BCUT2D eigenvalue weighted by Crippen LogP contribution is -2.41. The Labute approximate surface area is 341 Å². The molecule has 0 bridgehead atoms. The summed E-state index contributed by atoms with van der Waals surface area (Å²) in [6, 6.07) is 25.4. The molecule has 0 N–H and O–H groups in total. The van der Waals surface area contributed by atoms with Crippen LogP contribution in [0.4, 0.5) is 0 Å². The molecule has 3 aromatic rings. The maximum absolute atomic E-state index is 2.66. The highest BCUT2D eigenvalue weighted by atomic mass is 32.1. The van der Waals surface area contributed by atoms with E-state index >= 15 is 0 Å². The Morgan fingerprint density at radius 3 is 0.685 bits per heavy atom. The van der Waals surface area contributed by atoms with Crippen molar-refractivity contribution in [2.45, 2.75) is 208 Å². The molecule has 0 nitrogen and oxygen atoms in total. The molecule has 4 heteroatoms. The van der Waals surface area contributed by atoms with Crippen molar-refractivity contribution in [2.75, 3.05) is 0 Å².